The highest BCUT2D eigenvalue weighted by atomic mass is 32.1. The predicted molar refractivity (Wildman–Crippen MR) is 79.6 cm³/mol. The first-order valence-electron chi connectivity index (χ1n) is 6.83. The number of thiophene rings is 1. The summed E-state index contributed by atoms with van der Waals surface area (Å²) in [7, 11) is 0. The van der Waals surface area contributed by atoms with Gasteiger partial charge in [0.1, 0.15) is 5.92 Å². The van der Waals surface area contributed by atoms with E-state index in [9.17, 15) is 4.79 Å². The van der Waals surface area contributed by atoms with Gasteiger partial charge in [0.2, 0.25) is 5.91 Å². The summed E-state index contributed by atoms with van der Waals surface area (Å²) in [4.78, 5) is 14.6. The Kier molecular flexibility index (Phi) is 4.65. The minimum absolute atomic E-state index is 0.000897. The van der Waals surface area contributed by atoms with Gasteiger partial charge in [-0.05, 0) is 41.1 Å². The maximum Gasteiger partial charge on any atom is 0.234 e. The van der Waals surface area contributed by atoms with Crippen LogP contribution in [-0.4, -0.2) is 27.9 Å². The molecule has 20 heavy (non-hydrogen) atoms. The quantitative estimate of drug-likeness (QED) is 0.366. The largest absolute Gasteiger partial charge is 0.409 e. The van der Waals surface area contributed by atoms with Crippen LogP contribution in [0.5, 0.6) is 0 Å². The first-order valence-corrected chi connectivity index (χ1v) is 7.77. The molecule has 1 aromatic rings. The minimum atomic E-state index is -0.556. The fourth-order valence-corrected chi connectivity index (χ4v) is 3.01. The molecule has 1 saturated carbocycles. The second kappa shape index (κ2) is 6.26. The number of nitrogens with two attached hydrogens (primary N) is 1. The van der Waals surface area contributed by atoms with Gasteiger partial charge in [0.25, 0.3) is 0 Å². The number of carbonyl (C=O) groups is 1. The van der Waals surface area contributed by atoms with Gasteiger partial charge in [-0.3, -0.25) is 4.79 Å². The van der Waals surface area contributed by atoms with Crippen molar-refractivity contribution >= 4 is 23.1 Å². The van der Waals surface area contributed by atoms with E-state index >= 15 is 0 Å². The van der Waals surface area contributed by atoms with Crippen LogP contribution in [0.2, 0.25) is 0 Å². The van der Waals surface area contributed by atoms with E-state index in [4.69, 9.17) is 10.9 Å². The van der Waals surface area contributed by atoms with Crippen LogP contribution in [0.4, 0.5) is 0 Å². The number of rotatable bonds is 6. The van der Waals surface area contributed by atoms with E-state index in [-0.39, 0.29) is 17.7 Å². The second-order valence-electron chi connectivity index (χ2n) is 5.58. The van der Waals surface area contributed by atoms with Crippen molar-refractivity contribution in [3.63, 3.8) is 0 Å². The maximum atomic E-state index is 12.8. The van der Waals surface area contributed by atoms with Crippen LogP contribution < -0.4 is 5.73 Å². The van der Waals surface area contributed by atoms with E-state index in [1.165, 1.54) is 0 Å². The van der Waals surface area contributed by atoms with Crippen molar-refractivity contribution in [2.45, 2.75) is 39.3 Å². The van der Waals surface area contributed by atoms with E-state index in [2.05, 4.69) is 10.5 Å². The van der Waals surface area contributed by atoms with E-state index in [0.29, 0.717) is 12.6 Å². The zero-order chi connectivity index (χ0) is 14.7. The van der Waals surface area contributed by atoms with Gasteiger partial charge < -0.3 is 15.8 Å². The fraction of sp³-hybridized carbons (Fsp3) is 0.571. The molecule has 2 rings (SSSR count). The number of hydrogen-bond acceptors (Lipinski definition) is 4. The Hall–Kier alpha value is -1.56. The van der Waals surface area contributed by atoms with Crippen LogP contribution in [0.25, 0.3) is 0 Å². The molecule has 6 heteroatoms. The molecule has 1 amide bonds. The standard InChI is InChI=1S/C14H21N3O2S/c1-9(2)12(13(15)16-19)14(18)17(11-3-4-11)7-10-5-6-20-8-10/h5-6,8-9,11-12,19H,3-4,7H2,1-2H3,(H2,15,16). The number of amidine groups is 1. The Labute approximate surface area is 123 Å². The number of oxime groups is 1. The van der Waals surface area contributed by atoms with Gasteiger partial charge in [-0.1, -0.05) is 19.0 Å². The van der Waals surface area contributed by atoms with Gasteiger partial charge in [-0.25, -0.2) is 0 Å². The summed E-state index contributed by atoms with van der Waals surface area (Å²) in [5.74, 6) is -0.591. The summed E-state index contributed by atoms with van der Waals surface area (Å²) in [5, 5.41) is 16.0. The van der Waals surface area contributed by atoms with Gasteiger partial charge >= 0.3 is 0 Å². The number of amides is 1. The van der Waals surface area contributed by atoms with Gasteiger partial charge in [0, 0.05) is 12.6 Å². The van der Waals surface area contributed by atoms with Crippen LogP contribution in [0.3, 0.4) is 0 Å². The lowest BCUT2D eigenvalue weighted by Gasteiger charge is -2.28. The predicted octanol–water partition coefficient (Wildman–Crippen LogP) is 2.26. The monoisotopic (exact) mass is 295 g/mol. The van der Waals surface area contributed by atoms with Crippen molar-refractivity contribution in [1.82, 2.24) is 4.90 Å². The summed E-state index contributed by atoms with van der Waals surface area (Å²) in [6, 6.07) is 2.33. The summed E-state index contributed by atoms with van der Waals surface area (Å²) in [6.07, 6.45) is 2.08. The van der Waals surface area contributed by atoms with Crippen molar-refractivity contribution in [3.05, 3.63) is 22.4 Å². The van der Waals surface area contributed by atoms with E-state index < -0.39 is 5.92 Å². The van der Waals surface area contributed by atoms with Gasteiger partial charge in [0.05, 0.1) is 0 Å². The molecule has 0 bridgehead atoms. The van der Waals surface area contributed by atoms with Crippen molar-refractivity contribution in [2.75, 3.05) is 0 Å². The molecule has 1 aliphatic carbocycles. The highest BCUT2D eigenvalue weighted by Crippen LogP contribution is 2.31. The molecule has 0 radical (unpaired) electrons. The molecule has 3 N–H and O–H groups in total. The molecule has 1 aliphatic rings. The average Bonchev–Trinajstić information content (AvgIpc) is 3.12. The molecular weight excluding hydrogens is 274 g/mol. The Morgan fingerprint density at radius 3 is 2.75 bits per heavy atom. The normalized spacial score (nSPS) is 17.2. The van der Waals surface area contributed by atoms with Crippen LogP contribution in [0.1, 0.15) is 32.3 Å². The first-order chi connectivity index (χ1) is 9.54. The molecule has 1 atom stereocenters. The Morgan fingerprint density at radius 1 is 1.60 bits per heavy atom. The number of hydrogen-bond donors (Lipinski definition) is 2. The molecule has 5 nitrogen and oxygen atoms in total. The smallest absolute Gasteiger partial charge is 0.234 e. The molecule has 0 saturated heterocycles. The van der Waals surface area contributed by atoms with Gasteiger partial charge in [0.15, 0.2) is 5.84 Å². The lowest BCUT2D eigenvalue weighted by Crippen LogP contribution is -2.45. The van der Waals surface area contributed by atoms with Crippen LogP contribution in [-0.2, 0) is 11.3 Å². The molecule has 1 heterocycles. The van der Waals surface area contributed by atoms with Crippen LogP contribution >= 0.6 is 11.3 Å². The maximum absolute atomic E-state index is 12.8. The summed E-state index contributed by atoms with van der Waals surface area (Å²) in [6.45, 7) is 4.43. The third-order valence-electron chi connectivity index (χ3n) is 3.57. The molecule has 0 aliphatic heterocycles. The van der Waals surface area contributed by atoms with Crippen molar-refractivity contribution in [1.29, 1.82) is 0 Å². The molecule has 0 aromatic carbocycles. The Bertz CT molecular complexity index is 481. The second-order valence-corrected chi connectivity index (χ2v) is 6.36. The fourth-order valence-electron chi connectivity index (χ4n) is 2.35. The molecular formula is C14H21N3O2S. The zero-order valence-corrected chi connectivity index (χ0v) is 12.6. The minimum Gasteiger partial charge on any atom is -0.409 e. The summed E-state index contributed by atoms with van der Waals surface area (Å²) >= 11 is 1.62. The number of carbonyl (C=O) groups excluding carboxylic acids is 1. The Balaban J connectivity index is 2.17. The summed E-state index contributed by atoms with van der Waals surface area (Å²) in [5.41, 5.74) is 6.84. The highest BCUT2D eigenvalue weighted by molar-refractivity contribution is 7.07. The third-order valence-corrected chi connectivity index (χ3v) is 4.30. The molecule has 110 valence electrons. The lowest BCUT2D eigenvalue weighted by molar-refractivity contribution is -0.135. The first kappa shape index (κ1) is 14.8. The average molecular weight is 295 g/mol. The van der Waals surface area contributed by atoms with Gasteiger partial charge in [-0.2, -0.15) is 11.3 Å². The van der Waals surface area contributed by atoms with Crippen molar-refractivity contribution in [2.24, 2.45) is 22.7 Å². The zero-order valence-electron chi connectivity index (χ0n) is 11.8. The van der Waals surface area contributed by atoms with Crippen LogP contribution in [0, 0.1) is 11.8 Å². The topological polar surface area (TPSA) is 78.9 Å². The lowest BCUT2D eigenvalue weighted by atomic mass is 9.93. The summed E-state index contributed by atoms with van der Waals surface area (Å²) < 4.78 is 0. The third kappa shape index (κ3) is 3.30. The molecule has 0 spiro atoms. The SMILES string of the molecule is CC(C)C(C(=O)N(Cc1ccsc1)C1CC1)C(N)=NO. The molecule has 1 unspecified atom stereocenters. The van der Waals surface area contributed by atoms with E-state index in [1.54, 1.807) is 11.3 Å². The van der Waals surface area contributed by atoms with Crippen molar-refractivity contribution < 1.29 is 10.0 Å². The van der Waals surface area contributed by atoms with Crippen molar-refractivity contribution in [3.8, 4) is 0 Å². The van der Waals surface area contributed by atoms with Gasteiger partial charge in [-0.15, -0.1) is 0 Å². The Morgan fingerprint density at radius 2 is 2.30 bits per heavy atom. The molecule has 1 fully saturated rings. The molecule has 1 aromatic heterocycles. The highest BCUT2D eigenvalue weighted by Gasteiger charge is 2.38. The number of nitrogens with zero attached hydrogens (tertiary/aromatic N) is 2. The van der Waals surface area contributed by atoms with E-state index in [0.717, 1.165) is 18.4 Å². The van der Waals surface area contributed by atoms with Crippen LogP contribution in [0.15, 0.2) is 22.0 Å². The van der Waals surface area contributed by atoms with E-state index in [1.807, 2.05) is 30.2 Å².